The van der Waals surface area contributed by atoms with E-state index in [0.29, 0.717) is 0 Å². The zero-order valence-electron chi connectivity index (χ0n) is 20.5. The number of anilines is 2. The van der Waals surface area contributed by atoms with Crippen LogP contribution in [-0.4, -0.2) is 12.8 Å². The Kier molecular flexibility index (Phi) is 6.28. The van der Waals surface area contributed by atoms with Crippen molar-refractivity contribution in [1.82, 2.24) is 0 Å². The molecule has 1 aliphatic heterocycles. The lowest BCUT2D eigenvalue weighted by Crippen LogP contribution is -2.32. The molecule has 0 radical (unpaired) electrons. The van der Waals surface area contributed by atoms with E-state index in [0.717, 1.165) is 29.4 Å². The van der Waals surface area contributed by atoms with Crippen molar-refractivity contribution in [2.75, 3.05) is 17.4 Å². The van der Waals surface area contributed by atoms with Crippen LogP contribution in [0.1, 0.15) is 36.6 Å². The first-order valence-electron chi connectivity index (χ1n) is 12.0. The van der Waals surface area contributed by atoms with Crippen LogP contribution in [0.15, 0.2) is 114 Å². The van der Waals surface area contributed by atoms with Crippen LogP contribution in [0, 0.1) is 5.41 Å². The van der Waals surface area contributed by atoms with E-state index in [-0.39, 0.29) is 11.5 Å². The molecule has 1 N–H and O–H groups in total. The quantitative estimate of drug-likeness (QED) is 0.314. The fourth-order valence-electron chi connectivity index (χ4n) is 4.83. The topological polar surface area (TPSA) is 36.9 Å². The average molecular weight is 462 g/mol. The van der Waals surface area contributed by atoms with Crippen molar-refractivity contribution in [3.63, 3.8) is 0 Å². The molecular formula is C31H31N3O. The van der Waals surface area contributed by atoms with Crippen LogP contribution in [0.3, 0.4) is 0 Å². The third-order valence-electron chi connectivity index (χ3n) is 6.70. The fourth-order valence-corrected chi connectivity index (χ4v) is 4.83. The molecule has 1 heterocycles. The van der Waals surface area contributed by atoms with Crippen LogP contribution < -0.4 is 15.1 Å². The average Bonchev–Trinajstić information content (AvgIpc) is 3.19. The van der Waals surface area contributed by atoms with Gasteiger partial charge in [0.2, 0.25) is 0 Å². The molecule has 0 aliphatic carbocycles. The van der Waals surface area contributed by atoms with Gasteiger partial charge in [-0.3, -0.25) is 5.01 Å². The molecule has 4 aromatic rings. The standard InChI is InChI=1S/C31H31N3O/c1-31(2)29(24-10-6-4-7-11-24)33-34(30(31)25-12-8-5-9-13-25)27-18-14-23(15-19-27)22-32-26-16-20-28(35-3)21-17-26/h4-21,30,32H,22H2,1-3H3/t30-/m1/s1. The van der Waals surface area contributed by atoms with Crippen molar-refractivity contribution in [2.45, 2.75) is 26.4 Å². The highest BCUT2D eigenvalue weighted by molar-refractivity contribution is 6.07. The third-order valence-corrected chi connectivity index (χ3v) is 6.70. The van der Waals surface area contributed by atoms with Gasteiger partial charge in [-0.05, 0) is 53.1 Å². The zero-order valence-corrected chi connectivity index (χ0v) is 20.5. The van der Waals surface area contributed by atoms with E-state index >= 15 is 0 Å². The minimum atomic E-state index is -0.169. The van der Waals surface area contributed by atoms with Gasteiger partial charge in [0.15, 0.2) is 0 Å². The van der Waals surface area contributed by atoms with Gasteiger partial charge >= 0.3 is 0 Å². The highest BCUT2D eigenvalue weighted by Gasteiger charge is 2.46. The van der Waals surface area contributed by atoms with E-state index in [9.17, 15) is 0 Å². The molecule has 5 rings (SSSR count). The van der Waals surface area contributed by atoms with Crippen molar-refractivity contribution in [2.24, 2.45) is 10.5 Å². The molecular weight excluding hydrogens is 430 g/mol. The number of benzene rings is 4. The SMILES string of the molecule is COc1ccc(NCc2ccc(N3N=C(c4ccccc4)C(C)(C)[C@H]3c3ccccc3)cc2)cc1. The molecule has 0 bridgehead atoms. The van der Waals surface area contributed by atoms with E-state index < -0.39 is 0 Å². The van der Waals surface area contributed by atoms with Crippen molar-refractivity contribution in [3.8, 4) is 5.75 Å². The second kappa shape index (κ2) is 9.67. The Bertz CT molecular complexity index is 1280. The maximum atomic E-state index is 5.24. The lowest BCUT2D eigenvalue weighted by molar-refractivity contribution is 0.415. The maximum Gasteiger partial charge on any atom is 0.119 e. The number of hydrazone groups is 1. The Balaban J connectivity index is 1.42. The predicted octanol–water partition coefficient (Wildman–Crippen LogP) is 7.30. The van der Waals surface area contributed by atoms with Crippen LogP contribution in [0.2, 0.25) is 0 Å². The normalized spacial score (nSPS) is 16.6. The maximum absolute atomic E-state index is 5.24. The van der Waals surface area contributed by atoms with Gasteiger partial charge in [0, 0.05) is 17.6 Å². The van der Waals surface area contributed by atoms with Gasteiger partial charge in [-0.15, -0.1) is 0 Å². The van der Waals surface area contributed by atoms with E-state index in [2.05, 4.69) is 109 Å². The van der Waals surface area contributed by atoms with E-state index in [4.69, 9.17) is 9.84 Å². The Morgan fingerprint density at radius 2 is 1.43 bits per heavy atom. The second-order valence-electron chi connectivity index (χ2n) is 9.44. The van der Waals surface area contributed by atoms with Crippen LogP contribution in [0.4, 0.5) is 11.4 Å². The molecule has 4 heteroatoms. The van der Waals surface area contributed by atoms with Crippen LogP contribution in [0.25, 0.3) is 0 Å². The largest absolute Gasteiger partial charge is 0.497 e. The molecule has 0 saturated carbocycles. The highest BCUT2D eigenvalue weighted by Crippen LogP contribution is 2.48. The van der Waals surface area contributed by atoms with Gasteiger partial charge in [0.25, 0.3) is 0 Å². The smallest absolute Gasteiger partial charge is 0.119 e. The minimum Gasteiger partial charge on any atom is -0.497 e. The van der Waals surface area contributed by atoms with Crippen LogP contribution in [0.5, 0.6) is 5.75 Å². The summed E-state index contributed by atoms with van der Waals surface area (Å²) in [6.45, 7) is 5.34. The Morgan fingerprint density at radius 1 is 0.800 bits per heavy atom. The van der Waals surface area contributed by atoms with Gasteiger partial charge in [0.1, 0.15) is 5.75 Å². The first-order chi connectivity index (χ1) is 17.1. The lowest BCUT2D eigenvalue weighted by atomic mass is 9.75. The molecule has 4 nitrogen and oxygen atoms in total. The number of ether oxygens (including phenoxy) is 1. The van der Waals surface area contributed by atoms with Gasteiger partial charge in [0.05, 0.1) is 24.6 Å². The molecule has 176 valence electrons. The summed E-state index contributed by atoms with van der Waals surface area (Å²) in [6.07, 6.45) is 0. The monoisotopic (exact) mass is 461 g/mol. The van der Waals surface area contributed by atoms with Crippen molar-refractivity contribution < 1.29 is 4.74 Å². The molecule has 0 amide bonds. The second-order valence-corrected chi connectivity index (χ2v) is 9.44. The number of nitrogens with one attached hydrogen (secondary N) is 1. The summed E-state index contributed by atoms with van der Waals surface area (Å²) >= 11 is 0. The third kappa shape index (κ3) is 4.65. The molecule has 4 aromatic carbocycles. The van der Waals surface area contributed by atoms with Crippen LogP contribution in [-0.2, 0) is 6.54 Å². The molecule has 0 spiro atoms. The minimum absolute atomic E-state index is 0.0992. The van der Waals surface area contributed by atoms with Gasteiger partial charge in [-0.2, -0.15) is 5.10 Å². The van der Waals surface area contributed by atoms with E-state index in [1.807, 2.05) is 24.3 Å². The molecule has 0 saturated heterocycles. The number of rotatable bonds is 7. The molecule has 1 aliphatic rings. The summed E-state index contributed by atoms with van der Waals surface area (Å²) in [6, 6.07) is 38.0. The van der Waals surface area contributed by atoms with Crippen molar-refractivity contribution in [1.29, 1.82) is 0 Å². The molecule has 0 unspecified atom stereocenters. The lowest BCUT2D eigenvalue weighted by Gasteiger charge is -2.33. The Morgan fingerprint density at radius 3 is 2.06 bits per heavy atom. The van der Waals surface area contributed by atoms with Gasteiger partial charge in [-0.1, -0.05) is 86.6 Å². The highest BCUT2D eigenvalue weighted by atomic mass is 16.5. The number of hydrogen-bond donors (Lipinski definition) is 1. The van der Waals surface area contributed by atoms with Gasteiger partial charge in [-0.25, -0.2) is 0 Å². The number of nitrogens with zero attached hydrogens (tertiary/aromatic N) is 2. The van der Waals surface area contributed by atoms with E-state index in [1.165, 1.54) is 16.7 Å². The Hall–Kier alpha value is -4.05. The van der Waals surface area contributed by atoms with Gasteiger partial charge < -0.3 is 10.1 Å². The molecule has 0 aromatic heterocycles. The first kappa shape index (κ1) is 22.7. The predicted molar refractivity (Wildman–Crippen MR) is 145 cm³/mol. The summed E-state index contributed by atoms with van der Waals surface area (Å²) in [5.74, 6) is 0.858. The summed E-state index contributed by atoms with van der Waals surface area (Å²) in [4.78, 5) is 0. The first-order valence-corrected chi connectivity index (χ1v) is 12.0. The fraction of sp³-hybridized carbons (Fsp3) is 0.194. The molecule has 35 heavy (non-hydrogen) atoms. The Labute approximate surface area is 207 Å². The van der Waals surface area contributed by atoms with E-state index in [1.54, 1.807) is 7.11 Å². The number of hydrogen-bond acceptors (Lipinski definition) is 4. The molecule has 1 atom stereocenters. The molecule has 0 fully saturated rings. The summed E-state index contributed by atoms with van der Waals surface area (Å²) in [5, 5.41) is 10.9. The summed E-state index contributed by atoms with van der Waals surface area (Å²) in [7, 11) is 1.68. The summed E-state index contributed by atoms with van der Waals surface area (Å²) in [5.41, 5.74) is 6.74. The summed E-state index contributed by atoms with van der Waals surface area (Å²) < 4.78 is 5.24. The zero-order chi connectivity index (χ0) is 24.3. The van der Waals surface area contributed by atoms with Crippen molar-refractivity contribution in [3.05, 3.63) is 126 Å². The van der Waals surface area contributed by atoms with Crippen molar-refractivity contribution >= 4 is 17.1 Å². The van der Waals surface area contributed by atoms with Crippen LogP contribution >= 0.6 is 0 Å². The number of methoxy groups -OCH3 is 1.